The molecule has 2 saturated carbocycles. The average molecular weight is 490 g/mol. The van der Waals surface area contributed by atoms with Gasteiger partial charge in [0.15, 0.2) is 0 Å². The number of nitrogens with one attached hydrogen (secondary N) is 2. The van der Waals surface area contributed by atoms with Gasteiger partial charge >= 0.3 is 6.09 Å². The van der Waals surface area contributed by atoms with Crippen molar-refractivity contribution in [1.29, 1.82) is 0 Å². The predicted molar refractivity (Wildman–Crippen MR) is 128 cm³/mol. The fourth-order valence-corrected chi connectivity index (χ4v) is 5.17. The standard InChI is InChI=1S/C26H36FN3O5/c1-25(7-8-25)35-24(33)30-11-9-26(10-12-30)15-18(16-26)4-3-13-34-19-5-6-20(21(27)14-19)23(32)29-17-22(31)28-2/h5-6,14,18H,3-4,7-13,15-17H2,1-2H3,(H,28,31)(H,29,32). The first kappa shape index (κ1) is 25.3. The van der Waals surface area contributed by atoms with Crippen molar-refractivity contribution in [2.45, 2.75) is 63.9 Å². The van der Waals surface area contributed by atoms with Gasteiger partial charge in [-0.05, 0) is 81.8 Å². The minimum absolute atomic E-state index is 0.123. The van der Waals surface area contributed by atoms with Crippen LogP contribution in [0, 0.1) is 17.2 Å². The molecule has 8 nitrogen and oxygen atoms in total. The molecule has 0 aromatic heterocycles. The number of nitrogens with zero attached hydrogens (tertiary/aromatic N) is 1. The quantitative estimate of drug-likeness (QED) is 0.516. The molecule has 1 spiro atoms. The van der Waals surface area contributed by atoms with E-state index in [4.69, 9.17) is 9.47 Å². The molecule has 9 heteroatoms. The van der Waals surface area contributed by atoms with E-state index in [-0.39, 0.29) is 29.7 Å². The van der Waals surface area contributed by atoms with Gasteiger partial charge in [-0.15, -0.1) is 0 Å². The molecule has 35 heavy (non-hydrogen) atoms. The van der Waals surface area contributed by atoms with Crippen LogP contribution in [-0.2, 0) is 9.53 Å². The van der Waals surface area contributed by atoms with Crippen LogP contribution < -0.4 is 15.4 Å². The first-order valence-electron chi connectivity index (χ1n) is 12.6. The maximum absolute atomic E-state index is 14.3. The number of carbonyl (C=O) groups excluding carboxylic acids is 3. The molecular formula is C26H36FN3O5. The second-order valence-corrected chi connectivity index (χ2v) is 10.6. The van der Waals surface area contributed by atoms with Crippen molar-refractivity contribution in [2.24, 2.45) is 11.3 Å². The number of benzene rings is 1. The van der Waals surface area contributed by atoms with Gasteiger partial charge in [-0.1, -0.05) is 0 Å². The average Bonchev–Trinajstić information content (AvgIpc) is 3.55. The van der Waals surface area contributed by atoms with Gasteiger partial charge in [-0.2, -0.15) is 0 Å². The van der Waals surface area contributed by atoms with Gasteiger partial charge in [0.25, 0.3) is 5.91 Å². The minimum atomic E-state index is -0.681. The summed E-state index contributed by atoms with van der Waals surface area (Å²) in [5, 5.41) is 4.76. The number of halogens is 1. The van der Waals surface area contributed by atoms with Crippen LogP contribution in [0.25, 0.3) is 0 Å². The van der Waals surface area contributed by atoms with Gasteiger partial charge in [-0.3, -0.25) is 9.59 Å². The lowest BCUT2D eigenvalue weighted by atomic mass is 9.56. The van der Waals surface area contributed by atoms with E-state index in [1.807, 2.05) is 11.8 Å². The van der Waals surface area contributed by atoms with Gasteiger partial charge in [0.05, 0.1) is 18.7 Å². The predicted octanol–water partition coefficient (Wildman–Crippen LogP) is 3.64. The Morgan fingerprint density at radius 3 is 2.49 bits per heavy atom. The van der Waals surface area contributed by atoms with E-state index < -0.39 is 11.7 Å². The Morgan fingerprint density at radius 2 is 1.86 bits per heavy atom. The minimum Gasteiger partial charge on any atom is -0.493 e. The van der Waals surface area contributed by atoms with E-state index in [0.29, 0.717) is 23.7 Å². The highest BCUT2D eigenvalue weighted by atomic mass is 19.1. The second-order valence-electron chi connectivity index (χ2n) is 10.6. The van der Waals surface area contributed by atoms with Gasteiger partial charge in [0.2, 0.25) is 5.91 Å². The Balaban J connectivity index is 1.11. The summed E-state index contributed by atoms with van der Waals surface area (Å²) in [5.74, 6) is -0.624. The maximum atomic E-state index is 14.3. The number of ether oxygens (including phenoxy) is 2. The highest BCUT2D eigenvalue weighted by Crippen LogP contribution is 2.54. The summed E-state index contributed by atoms with van der Waals surface area (Å²) >= 11 is 0. The summed E-state index contributed by atoms with van der Waals surface area (Å²) < 4.78 is 25.6. The molecule has 1 heterocycles. The Hall–Kier alpha value is -2.84. The highest BCUT2D eigenvalue weighted by molar-refractivity contribution is 5.96. The van der Waals surface area contributed by atoms with Gasteiger partial charge in [-0.25, -0.2) is 9.18 Å². The maximum Gasteiger partial charge on any atom is 0.410 e. The molecule has 3 fully saturated rings. The zero-order valence-electron chi connectivity index (χ0n) is 20.7. The number of likely N-dealkylation sites (tertiary alicyclic amines) is 1. The molecule has 4 rings (SSSR count). The Labute approximate surface area is 205 Å². The zero-order chi connectivity index (χ0) is 25.1. The molecule has 0 bridgehead atoms. The third-order valence-corrected chi connectivity index (χ3v) is 7.71. The molecular weight excluding hydrogens is 453 g/mol. The van der Waals surface area contributed by atoms with E-state index in [9.17, 15) is 18.8 Å². The van der Waals surface area contributed by atoms with Crippen LogP contribution in [0.3, 0.4) is 0 Å². The normalized spacial score (nSPS) is 20.0. The molecule has 1 aliphatic heterocycles. The van der Waals surface area contributed by atoms with E-state index in [0.717, 1.165) is 51.6 Å². The van der Waals surface area contributed by atoms with Gasteiger partial charge < -0.3 is 25.0 Å². The van der Waals surface area contributed by atoms with Crippen LogP contribution in [0.5, 0.6) is 5.75 Å². The van der Waals surface area contributed by atoms with Crippen LogP contribution in [0.4, 0.5) is 9.18 Å². The third-order valence-electron chi connectivity index (χ3n) is 7.71. The molecule has 0 unspecified atom stereocenters. The number of carbonyl (C=O) groups is 3. The SMILES string of the molecule is CNC(=O)CNC(=O)c1ccc(OCCCC2CC3(CCN(C(=O)OC4(C)CC4)CC3)C2)cc1F. The Kier molecular flexibility index (Phi) is 7.52. The van der Waals surface area contributed by atoms with E-state index in [1.54, 1.807) is 6.07 Å². The van der Waals surface area contributed by atoms with Crippen molar-refractivity contribution in [1.82, 2.24) is 15.5 Å². The molecule has 1 saturated heterocycles. The van der Waals surface area contributed by atoms with Gasteiger partial charge in [0, 0.05) is 26.2 Å². The second kappa shape index (κ2) is 10.4. The molecule has 192 valence electrons. The van der Waals surface area contributed by atoms with Crippen molar-refractivity contribution in [3.05, 3.63) is 29.6 Å². The fraction of sp³-hybridized carbons (Fsp3) is 0.654. The monoisotopic (exact) mass is 489 g/mol. The summed E-state index contributed by atoms with van der Waals surface area (Å²) in [4.78, 5) is 37.4. The summed E-state index contributed by atoms with van der Waals surface area (Å²) in [6, 6.07) is 4.14. The molecule has 2 aliphatic carbocycles. The number of piperidine rings is 1. The largest absolute Gasteiger partial charge is 0.493 e. The van der Waals surface area contributed by atoms with Crippen LogP contribution in [0.1, 0.15) is 68.6 Å². The van der Waals surface area contributed by atoms with Crippen molar-refractivity contribution in [2.75, 3.05) is 33.3 Å². The lowest BCUT2D eigenvalue weighted by Gasteiger charge is -2.52. The number of amides is 3. The summed E-state index contributed by atoms with van der Waals surface area (Å²) in [6.07, 6.45) is 8.23. The van der Waals surface area contributed by atoms with Crippen LogP contribution in [0.2, 0.25) is 0 Å². The third kappa shape index (κ3) is 6.44. The Bertz CT molecular complexity index is 948. The summed E-state index contributed by atoms with van der Waals surface area (Å²) in [6.45, 7) is 3.86. The summed E-state index contributed by atoms with van der Waals surface area (Å²) in [7, 11) is 1.46. The summed E-state index contributed by atoms with van der Waals surface area (Å²) in [5.41, 5.74) is 0.0388. The van der Waals surface area contributed by atoms with E-state index >= 15 is 0 Å². The molecule has 0 atom stereocenters. The first-order chi connectivity index (χ1) is 16.7. The van der Waals surface area contributed by atoms with Crippen molar-refractivity contribution in [3.8, 4) is 5.75 Å². The zero-order valence-corrected chi connectivity index (χ0v) is 20.7. The molecule has 1 aromatic rings. The lowest BCUT2D eigenvalue weighted by molar-refractivity contribution is -0.119. The van der Waals surface area contributed by atoms with Crippen molar-refractivity contribution < 1.29 is 28.2 Å². The number of hydrogen-bond donors (Lipinski definition) is 2. The molecule has 2 N–H and O–H groups in total. The highest BCUT2D eigenvalue weighted by Gasteiger charge is 2.47. The van der Waals surface area contributed by atoms with Gasteiger partial charge in [0.1, 0.15) is 17.2 Å². The van der Waals surface area contributed by atoms with Crippen molar-refractivity contribution in [3.63, 3.8) is 0 Å². The van der Waals surface area contributed by atoms with Crippen molar-refractivity contribution >= 4 is 17.9 Å². The molecule has 0 radical (unpaired) electrons. The topological polar surface area (TPSA) is 97.0 Å². The number of rotatable bonds is 9. The van der Waals surface area contributed by atoms with Crippen LogP contribution in [0.15, 0.2) is 18.2 Å². The molecule has 3 amide bonds. The lowest BCUT2D eigenvalue weighted by Crippen LogP contribution is -2.49. The first-order valence-corrected chi connectivity index (χ1v) is 12.6. The molecule has 3 aliphatic rings. The van der Waals surface area contributed by atoms with E-state index in [2.05, 4.69) is 10.6 Å². The Morgan fingerprint density at radius 1 is 1.14 bits per heavy atom. The number of hydrogen-bond acceptors (Lipinski definition) is 5. The van der Waals surface area contributed by atoms with E-state index in [1.165, 1.54) is 32.0 Å². The number of likely N-dealkylation sites (N-methyl/N-ethyl adjacent to an activating group) is 1. The smallest absolute Gasteiger partial charge is 0.410 e. The fourth-order valence-electron chi connectivity index (χ4n) is 5.17. The van der Waals surface area contributed by atoms with Crippen LogP contribution >= 0.6 is 0 Å². The van der Waals surface area contributed by atoms with Crippen LogP contribution in [-0.4, -0.2) is 61.7 Å². The molecule has 1 aromatic carbocycles.